The topological polar surface area (TPSA) is 95.1 Å². The number of hydrogen-bond donors (Lipinski definition) is 2. The Labute approximate surface area is 205 Å². The minimum atomic E-state index is -0.772. The second kappa shape index (κ2) is 12.3. The molecule has 0 heterocycles. The van der Waals surface area contributed by atoms with Crippen molar-refractivity contribution < 1.29 is 28.5 Å². The highest BCUT2D eigenvalue weighted by molar-refractivity contribution is 5.82. The Hall–Kier alpha value is -4.20. The van der Waals surface area contributed by atoms with E-state index >= 15 is 0 Å². The van der Waals surface area contributed by atoms with E-state index in [0.717, 1.165) is 11.1 Å². The van der Waals surface area contributed by atoms with Gasteiger partial charge in [0.1, 0.15) is 17.7 Å². The molecule has 35 heavy (non-hydrogen) atoms. The summed E-state index contributed by atoms with van der Waals surface area (Å²) in [5.41, 5.74) is 2.28. The standard InChI is InChI=1S/C27H30N2O6/c1-32-21-10-5-18(6-11-21)15-25(30)28-27(20-9-14-23(34-3)24(17-20)35-4)29-26(31)16-19-7-12-22(33-2)13-8-19/h5-14,17,27H,15-16H2,1-4H3,(H,28,30)(H,29,31). The molecular formula is C27H30N2O6. The van der Waals surface area contributed by atoms with Crippen LogP contribution in [0, 0.1) is 0 Å². The molecule has 0 saturated carbocycles. The van der Waals surface area contributed by atoms with E-state index in [1.807, 2.05) is 24.3 Å². The van der Waals surface area contributed by atoms with Crippen LogP contribution in [0.3, 0.4) is 0 Å². The molecule has 2 amide bonds. The summed E-state index contributed by atoms with van der Waals surface area (Å²) in [6, 6.07) is 19.7. The van der Waals surface area contributed by atoms with Crippen molar-refractivity contribution in [2.75, 3.05) is 28.4 Å². The molecule has 3 rings (SSSR count). The number of nitrogens with one attached hydrogen (secondary N) is 2. The first-order chi connectivity index (χ1) is 16.9. The number of ether oxygens (including phenoxy) is 4. The van der Waals surface area contributed by atoms with Gasteiger partial charge >= 0.3 is 0 Å². The molecule has 8 nitrogen and oxygen atoms in total. The number of rotatable bonds is 11. The van der Waals surface area contributed by atoms with Crippen LogP contribution in [0.5, 0.6) is 23.0 Å². The van der Waals surface area contributed by atoms with Gasteiger partial charge in [-0.2, -0.15) is 0 Å². The zero-order chi connectivity index (χ0) is 25.2. The molecule has 3 aromatic rings. The summed E-state index contributed by atoms with van der Waals surface area (Å²) < 4.78 is 21.0. The smallest absolute Gasteiger partial charge is 0.226 e. The fraction of sp³-hybridized carbons (Fsp3) is 0.259. The fourth-order valence-corrected chi connectivity index (χ4v) is 3.52. The second-order valence-electron chi connectivity index (χ2n) is 7.73. The van der Waals surface area contributed by atoms with Crippen LogP contribution in [-0.4, -0.2) is 40.3 Å². The summed E-state index contributed by atoms with van der Waals surface area (Å²) >= 11 is 0. The lowest BCUT2D eigenvalue weighted by Gasteiger charge is -2.22. The van der Waals surface area contributed by atoms with Gasteiger partial charge in [-0.1, -0.05) is 30.3 Å². The molecule has 0 atom stereocenters. The lowest BCUT2D eigenvalue weighted by molar-refractivity contribution is -0.123. The van der Waals surface area contributed by atoms with Crippen LogP contribution in [0.25, 0.3) is 0 Å². The number of carbonyl (C=O) groups is 2. The summed E-state index contributed by atoms with van der Waals surface area (Å²) in [7, 11) is 6.25. The maximum absolute atomic E-state index is 12.9. The number of methoxy groups -OCH3 is 4. The molecule has 0 aromatic heterocycles. The highest BCUT2D eigenvalue weighted by Crippen LogP contribution is 2.29. The third-order valence-electron chi connectivity index (χ3n) is 5.40. The summed E-state index contributed by atoms with van der Waals surface area (Å²) in [5, 5.41) is 5.83. The molecule has 0 aliphatic carbocycles. The summed E-state index contributed by atoms with van der Waals surface area (Å²) in [5.74, 6) is 1.96. The SMILES string of the molecule is COc1ccc(CC(=O)NC(NC(=O)Cc2ccc(OC)cc2)c2ccc(OC)c(OC)c2)cc1. The largest absolute Gasteiger partial charge is 0.497 e. The Bertz CT molecular complexity index is 1070. The molecule has 0 bridgehead atoms. The Morgan fingerprint density at radius 2 is 1.09 bits per heavy atom. The van der Waals surface area contributed by atoms with Crippen molar-refractivity contribution in [3.63, 3.8) is 0 Å². The maximum Gasteiger partial charge on any atom is 0.226 e. The number of hydrogen-bond acceptors (Lipinski definition) is 6. The predicted octanol–water partition coefficient (Wildman–Crippen LogP) is 3.44. The molecule has 0 aliphatic rings. The molecule has 2 N–H and O–H groups in total. The lowest BCUT2D eigenvalue weighted by Crippen LogP contribution is -2.42. The Kier molecular flexibility index (Phi) is 8.95. The third kappa shape index (κ3) is 7.14. The molecule has 0 unspecified atom stereocenters. The fourth-order valence-electron chi connectivity index (χ4n) is 3.52. The zero-order valence-electron chi connectivity index (χ0n) is 20.3. The van der Waals surface area contributed by atoms with Gasteiger partial charge in [0.15, 0.2) is 11.5 Å². The van der Waals surface area contributed by atoms with Crippen LogP contribution in [-0.2, 0) is 22.4 Å². The van der Waals surface area contributed by atoms with Gasteiger partial charge in [-0.25, -0.2) is 0 Å². The predicted molar refractivity (Wildman–Crippen MR) is 132 cm³/mol. The highest BCUT2D eigenvalue weighted by atomic mass is 16.5. The zero-order valence-corrected chi connectivity index (χ0v) is 20.3. The molecular weight excluding hydrogens is 448 g/mol. The van der Waals surface area contributed by atoms with Crippen LogP contribution in [0.1, 0.15) is 22.9 Å². The van der Waals surface area contributed by atoms with Gasteiger partial charge in [0, 0.05) is 0 Å². The Morgan fingerprint density at radius 3 is 1.49 bits per heavy atom. The van der Waals surface area contributed by atoms with Crippen LogP contribution in [0.2, 0.25) is 0 Å². The molecule has 0 spiro atoms. The number of amides is 2. The average Bonchev–Trinajstić information content (AvgIpc) is 2.88. The monoisotopic (exact) mass is 478 g/mol. The average molecular weight is 479 g/mol. The minimum absolute atomic E-state index is 0.141. The molecule has 0 saturated heterocycles. The maximum atomic E-state index is 12.9. The van der Waals surface area contributed by atoms with Gasteiger partial charge in [-0.05, 0) is 53.1 Å². The summed E-state index contributed by atoms with van der Waals surface area (Å²) in [6.07, 6.45) is -0.490. The van der Waals surface area contributed by atoms with Gasteiger partial charge in [-0.3, -0.25) is 9.59 Å². The van der Waals surface area contributed by atoms with Crippen LogP contribution in [0.15, 0.2) is 66.7 Å². The lowest BCUT2D eigenvalue weighted by atomic mass is 10.1. The molecule has 0 fully saturated rings. The normalized spacial score (nSPS) is 10.4. The van der Waals surface area contributed by atoms with E-state index < -0.39 is 6.17 Å². The van der Waals surface area contributed by atoms with Crippen molar-refractivity contribution in [2.45, 2.75) is 19.0 Å². The van der Waals surface area contributed by atoms with Gasteiger partial charge in [-0.15, -0.1) is 0 Å². The van der Waals surface area contributed by atoms with Crippen LogP contribution >= 0.6 is 0 Å². The van der Waals surface area contributed by atoms with E-state index in [9.17, 15) is 9.59 Å². The third-order valence-corrected chi connectivity index (χ3v) is 5.40. The summed E-state index contributed by atoms with van der Waals surface area (Å²) in [6.45, 7) is 0. The highest BCUT2D eigenvalue weighted by Gasteiger charge is 2.20. The first-order valence-corrected chi connectivity index (χ1v) is 11.0. The van der Waals surface area contributed by atoms with E-state index in [-0.39, 0.29) is 24.7 Å². The second-order valence-corrected chi connectivity index (χ2v) is 7.73. The molecule has 8 heteroatoms. The van der Waals surface area contributed by atoms with E-state index in [0.29, 0.717) is 28.6 Å². The van der Waals surface area contributed by atoms with Crippen LogP contribution < -0.4 is 29.6 Å². The van der Waals surface area contributed by atoms with Gasteiger partial charge in [0.2, 0.25) is 11.8 Å². The van der Waals surface area contributed by atoms with Crippen molar-refractivity contribution in [1.29, 1.82) is 0 Å². The Morgan fingerprint density at radius 1 is 0.629 bits per heavy atom. The summed E-state index contributed by atoms with van der Waals surface area (Å²) in [4.78, 5) is 25.8. The molecule has 0 aliphatic heterocycles. The van der Waals surface area contributed by atoms with Gasteiger partial charge < -0.3 is 29.6 Å². The van der Waals surface area contributed by atoms with Crippen molar-refractivity contribution in [3.05, 3.63) is 83.4 Å². The van der Waals surface area contributed by atoms with Gasteiger partial charge in [0.05, 0.1) is 41.3 Å². The van der Waals surface area contributed by atoms with E-state index in [4.69, 9.17) is 18.9 Å². The van der Waals surface area contributed by atoms with Crippen molar-refractivity contribution in [3.8, 4) is 23.0 Å². The quantitative estimate of drug-likeness (QED) is 0.410. The first kappa shape index (κ1) is 25.4. The van der Waals surface area contributed by atoms with E-state index in [1.54, 1.807) is 63.8 Å². The minimum Gasteiger partial charge on any atom is -0.497 e. The van der Waals surface area contributed by atoms with E-state index in [2.05, 4.69) is 10.6 Å². The molecule has 3 aromatic carbocycles. The van der Waals surface area contributed by atoms with Gasteiger partial charge in [0.25, 0.3) is 0 Å². The van der Waals surface area contributed by atoms with Crippen LogP contribution in [0.4, 0.5) is 0 Å². The first-order valence-electron chi connectivity index (χ1n) is 11.0. The van der Waals surface area contributed by atoms with E-state index in [1.165, 1.54) is 7.11 Å². The number of benzene rings is 3. The molecule has 0 radical (unpaired) electrons. The number of carbonyl (C=O) groups excluding carboxylic acids is 2. The molecule has 184 valence electrons. The van der Waals surface area contributed by atoms with Crippen molar-refractivity contribution in [1.82, 2.24) is 10.6 Å². The Balaban J connectivity index is 1.77. The van der Waals surface area contributed by atoms with Crippen molar-refractivity contribution >= 4 is 11.8 Å². The van der Waals surface area contributed by atoms with Crippen molar-refractivity contribution in [2.24, 2.45) is 0 Å².